The lowest BCUT2D eigenvalue weighted by molar-refractivity contribution is 0.106. The van der Waals surface area contributed by atoms with Gasteiger partial charge in [0, 0.05) is 17.0 Å². The number of rotatable bonds is 6. The van der Waals surface area contributed by atoms with Gasteiger partial charge in [0.05, 0.1) is 24.6 Å². The first-order chi connectivity index (χ1) is 9.53. The van der Waals surface area contributed by atoms with Gasteiger partial charge in [-0.3, -0.25) is 4.98 Å². The molecule has 0 atom stereocenters. The summed E-state index contributed by atoms with van der Waals surface area (Å²) in [5.74, 6) is 0. The first kappa shape index (κ1) is 15.2. The number of pyridine rings is 1. The Labute approximate surface area is 125 Å². The van der Waals surface area contributed by atoms with Gasteiger partial charge in [0.15, 0.2) is 0 Å². The van der Waals surface area contributed by atoms with E-state index in [0.29, 0.717) is 13.2 Å². The quantitative estimate of drug-likeness (QED) is 0.880. The molecule has 2 rings (SSSR count). The van der Waals surface area contributed by atoms with Crippen molar-refractivity contribution in [2.75, 3.05) is 0 Å². The van der Waals surface area contributed by atoms with Gasteiger partial charge in [0.2, 0.25) is 0 Å². The van der Waals surface area contributed by atoms with Crippen molar-refractivity contribution in [2.24, 2.45) is 0 Å². The predicted octanol–water partition coefficient (Wildman–Crippen LogP) is 3.75. The van der Waals surface area contributed by atoms with E-state index in [-0.39, 0.29) is 5.54 Å². The van der Waals surface area contributed by atoms with Gasteiger partial charge < -0.3 is 10.1 Å². The average Bonchev–Trinajstić information content (AvgIpc) is 2.89. The Balaban J connectivity index is 1.83. The molecule has 0 bridgehead atoms. The maximum atomic E-state index is 5.69. The predicted molar refractivity (Wildman–Crippen MR) is 83.6 cm³/mol. The fraction of sp³-hybridized carbons (Fsp3) is 0.438. The molecule has 0 fully saturated rings. The Morgan fingerprint density at radius 1 is 1.10 bits per heavy atom. The second-order valence-corrected chi connectivity index (χ2v) is 6.83. The Morgan fingerprint density at radius 2 is 1.90 bits per heavy atom. The molecule has 0 saturated carbocycles. The van der Waals surface area contributed by atoms with Gasteiger partial charge in [-0.25, -0.2) is 0 Å². The molecule has 0 aliphatic rings. The standard InChI is InChI=1S/C16H22N2OS/c1-16(2,3)17-10-13-6-4-7-14(18-13)11-19-12-15-8-5-9-20-15/h4-9,17H,10-12H2,1-3H3. The highest BCUT2D eigenvalue weighted by molar-refractivity contribution is 7.09. The highest BCUT2D eigenvalue weighted by atomic mass is 32.1. The van der Waals surface area contributed by atoms with Crippen LogP contribution < -0.4 is 5.32 Å². The zero-order chi connectivity index (χ0) is 14.4. The van der Waals surface area contributed by atoms with Crippen LogP contribution in [0.3, 0.4) is 0 Å². The maximum absolute atomic E-state index is 5.69. The SMILES string of the molecule is CC(C)(C)NCc1cccc(COCc2cccs2)n1. The van der Waals surface area contributed by atoms with Crippen molar-refractivity contribution >= 4 is 11.3 Å². The van der Waals surface area contributed by atoms with Crippen LogP contribution in [0, 0.1) is 0 Å². The molecule has 108 valence electrons. The summed E-state index contributed by atoms with van der Waals surface area (Å²) in [6, 6.07) is 10.2. The van der Waals surface area contributed by atoms with E-state index in [1.165, 1.54) is 4.88 Å². The van der Waals surface area contributed by atoms with Crippen molar-refractivity contribution < 1.29 is 4.74 Å². The minimum Gasteiger partial charge on any atom is -0.370 e. The molecule has 0 aliphatic carbocycles. The average molecular weight is 290 g/mol. The molecule has 2 aromatic heterocycles. The fourth-order valence-corrected chi connectivity index (χ4v) is 2.36. The smallest absolute Gasteiger partial charge is 0.0892 e. The number of nitrogens with zero attached hydrogens (tertiary/aromatic N) is 1. The third-order valence-corrected chi connectivity index (χ3v) is 3.59. The summed E-state index contributed by atoms with van der Waals surface area (Å²) in [6.45, 7) is 8.45. The monoisotopic (exact) mass is 290 g/mol. The normalized spacial score (nSPS) is 11.8. The first-order valence-electron chi connectivity index (χ1n) is 6.83. The van der Waals surface area contributed by atoms with Crippen LogP contribution in [0.1, 0.15) is 37.0 Å². The minimum absolute atomic E-state index is 0.105. The summed E-state index contributed by atoms with van der Waals surface area (Å²) in [4.78, 5) is 5.86. The third kappa shape index (κ3) is 5.41. The minimum atomic E-state index is 0.105. The first-order valence-corrected chi connectivity index (χ1v) is 7.71. The van der Waals surface area contributed by atoms with Gasteiger partial charge in [0.25, 0.3) is 0 Å². The van der Waals surface area contributed by atoms with Gasteiger partial charge in [-0.15, -0.1) is 11.3 Å². The molecule has 2 aromatic rings. The highest BCUT2D eigenvalue weighted by Crippen LogP contribution is 2.11. The van der Waals surface area contributed by atoms with Crippen LogP contribution in [0.25, 0.3) is 0 Å². The largest absolute Gasteiger partial charge is 0.370 e. The van der Waals surface area contributed by atoms with Crippen molar-refractivity contribution in [1.29, 1.82) is 0 Å². The fourth-order valence-electron chi connectivity index (χ4n) is 1.71. The van der Waals surface area contributed by atoms with Crippen molar-refractivity contribution in [1.82, 2.24) is 10.3 Å². The lowest BCUT2D eigenvalue weighted by Gasteiger charge is -2.20. The van der Waals surface area contributed by atoms with Crippen LogP contribution in [-0.4, -0.2) is 10.5 Å². The van der Waals surface area contributed by atoms with Crippen LogP contribution in [-0.2, 0) is 24.5 Å². The number of hydrogen-bond acceptors (Lipinski definition) is 4. The van der Waals surface area contributed by atoms with Gasteiger partial charge in [-0.05, 0) is 44.4 Å². The van der Waals surface area contributed by atoms with E-state index in [9.17, 15) is 0 Å². The summed E-state index contributed by atoms with van der Waals surface area (Å²) < 4.78 is 5.69. The summed E-state index contributed by atoms with van der Waals surface area (Å²) in [5, 5.41) is 5.51. The number of hydrogen-bond donors (Lipinski definition) is 1. The summed E-state index contributed by atoms with van der Waals surface area (Å²) >= 11 is 1.72. The van der Waals surface area contributed by atoms with E-state index in [1.54, 1.807) is 11.3 Å². The van der Waals surface area contributed by atoms with Crippen LogP contribution >= 0.6 is 11.3 Å². The van der Waals surface area contributed by atoms with Crippen molar-refractivity contribution in [3.05, 3.63) is 52.0 Å². The molecular formula is C16H22N2OS. The van der Waals surface area contributed by atoms with E-state index in [1.807, 2.05) is 24.3 Å². The Kier molecular flexibility index (Phi) is 5.29. The molecule has 0 spiro atoms. The molecule has 1 N–H and O–H groups in total. The van der Waals surface area contributed by atoms with Crippen molar-refractivity contribution in [3.63, 3.8) is 0 Å². The van der Waals surface area contributed by atoms with Gasteiger partial charge in [-0.2, -0.15) is 0 Å². The molecule has 4 heteroatoms. The molecule has 0 unspecified atom stereocenters. The zero-order valence-electron chi connectivity index (χ0n) is 12.3. The number of ether oxygens (including phenoxy) is 1. The van der Waals surface area contributed by atoms with Crippen LogP contribution in [0.5, 0.6) is 0 Å². The molecule has 0 radical (unpaired) electrons. The molecular weight excluding hydrogens is 268 g/mol. The van der Waals surface area contributed by atoms with Crippen LogP contribution in [0.4, 0.5) is 0 Å². The topological polar surface area (TPSA) is 34.1 Å². The van der Waals surface area contributed by atoms with E-state index < -0.39 is 0 Å². The Morgan fingerprint density at radius 3 is 2.60 bits per heavy atom. The van der Waals surface area contributed by atoms with Crippen molar-refractivity contribution in [2.45, 2.75) is 46.1 Å². The highest BCUT2D eigenvalue weighted by Gasteiger charge is 2.09. The van der Waals surface area contributed by atoms with Crippen molar-refractivity contribution in [3.8, 4) is 0 Å². The van der Waals surface area contributed by atoms with Crippen LogP contribution in [0.15, 0.2) is 35.7 Å². The molecule has 3 nitrogen and oxygen atoms in total. The van der Waals surface area contributed by atoms with Gasteiger partial charge in [-0.1, -0.05) is 12.1 Å². The summed E-state index contributed by atoms with van der Waals surface area (Å²) in [6.07, 6.45) is 0. The van der Waals surface area contributed by atoms with E-state index in [2.05, 4.69) is 42.5 Å². The van der Waals surface area contributed by atoms with Gasteiger partial charge in [0.1, 0.15) is 0 Å². The molecule has 0 amide bonds. The number of aromatic nitrogens is 1. The zero-order valence-corrected chi connectivity index (χ0v) is 13.2. The third-order valence-electron chi connectivity index (χ3n) is 2.74. The van der Waals surface area contributed by atoms with E-state index in [0.717, 1.165) is 17.9 Å². The summed E-state index contributed by atoms with van der Waals surface area (Å²) in [5.41, 5.74) is 2.14. The molecule has 0 saturated heterocycles. The second-order valence-electron chi connectivity index (χ2n) is 5.80. The van der Waals surface area contributed by atoms with E-state index >= 15 is 0 Å². The lowest BCUT2D eigenvalue weighted by atomic mass is 10.1. The Bertz CT molecular complexity index is 518. The molecule has 0 aromatic carbocycles. The second kappa shape index (κ2) is 6.97. The summed E-state index contributed by atoms with van der Waals surface area (Å²) in [7, 11) is 0. The van der Waals surface area contributed by atoms with Crippen LogP contribution in [0.2, 0.25) is 0 Å². The number of thiophene rings is 1. The van der Waals surface area contributed by atoms with Gasteiger partial charge >= 0.3 is 0 Å². The molecule has 0 aliphatic heterocycles. The lowest BCUT2D eigenvalue weighted by Crippen LogP contribution is -2.35. The molecule has 2 heterocycles. The number of nitrogens with one attached hydrogen (secondary N) is 1. The maximum Gasteiger partial charge on any atom is 0.0892 e. The molecule has 20 heavy (non-hydrogen) atoms. The Hall–Kier alpha value is -1.23. The van der Waals surface area contributed by atoms with E-state index in [4.69, 9.17) is 4.74 Å².